The van der Waals surface area contributed by atoms with Gasteiger partial charge in [0.25, 0.3) is 0 Å². The zero-order chi connectivity index (χ0) is 10.6. The molecule has 80 valence electrons. The van der Waals surface area contributed by atoms with Crippen LogP contribution < -0.4 is 0 Å². The topological polar surface area (TPSA) is 0 Å². The second-order valence-electron chi connectivity index (χ2n) is 5.17. The van der Waals surface area contributed by atoms with Crippen LogP contribution in [0, 0.1) is 5.92 Å². The molecule has 0 saturated carbocycles. The number of rotatable bonds is 0. The van der Waals surface area contributed by atoms with Crippen LogP contribution in [-0.2, 0) is 5.41 Å². The van der Waals surface area contributed by atoms with Crippen LogP contribution in [0.4, 0.5) is 0 Å². The Morgan fingerprint density at radius 1 is 1.47 bits per heavy atom. The van der Waals surface area contributed by atoms with E-state index in [1.807, 2.05) is 11.3 Å². The van der Waals surface area contributed by atoms with Crippen LogP contribution in [0.2, 0.25) is 0 Å². The van der Waals surface area contributed by atoms with Crippen LogP contribution in [0.1, 0.15) is 37.1 Å². The summed E-state index contributed by atoms with van der Waals surface area (Å²) in [6.45, 7) is 4.72. The Kier molecular flexibility index (Phi) is 2.06. The molecule has 0 N–H and O–H groups in total. The summed E-state index contributed by atoms with van der Waals surface area (Å²) in [6, 6.07) is 2.29. The van der Waals surface area contributed by atoms with Crippen molar-refractivity contribution in [3.05, 3.63) is 28.0 Å². The molecule has 0 amide bonds. The second kappa shape index (κ2) is 3.11. The van der Waals surface area contributed by atoms with Crippen molar-refractivity contribution in [2.24, 2.45) is 5.92 Å². The summed E-state index contributed by atoms with van der Waals surface area (Å²) in [6.07, 6.45) is 4.55. The van der Waals surface area contributed by atoms with Crippen molar-refractivity contribution in [1.29, 1.82) is 0 Å². The van der Waals surface area contributed by atoms with Gasteiger partial charge in [0, 0.05) is 10.3 Å². The van der Waals surface area contributed by atoms with Gasteiger partial charge in [0.05, 0.1) is 0 Å². The summed E-state index contributed by atoms with van der Waals surface area (Å²) in [7, 11) is 0. The third-order valence-corrected chi connectivity index (χ3v) is 5.27. The van der Waals surface area contributed by atoms with Crippen LogP contribution in [-0.4, -0.2) is 5.38 Å². The van der Waals surface area contributed by atoms with E-state index in [4.69, 9.17) is 11.6 Å². The average molecular weight is 239 g/mol. The molecule has 1 aromatic heterocycles. The molecule has 15 heavy (non-hydrogen) atoms. The van der Waals surface area contributed by atoms with Gasteiger partial charge in [-0.15, -0.1) is 22.9 Å². The van der Waals surface area contributed by atoms with Gasteiger partial charge in [0.1, 0.15) is 0 Å². The van der Waals surface area contributed by atoms with E-state index in [0.29, 0.717) is 11.3 Å². The second-order valence-corrected chi connectivity index (χ2v) is 6.70. The zero-order valence-corrected chi connectivity index (χ0v) is 10.7. The lowest BCUT2D eigenvalue weighted by atomic mass is 9.73. The fourth-order valence-electron chi connectivity index (χ4n) is 3.04. The highest BCUT2D eigenvalue weighted by Gasteiger charge is 2.45. The van der Waals surface area contributed by atoms with Crippen LogP contribution in [0.15, 0.2) is 17.5 Å². The van der Waals surface area contributed by atoms with E-state index in [2.05, 4.69) is 31.4 Å². The molecule has 0 bridgehead atoms. The summed E-state index contributed by atoms with van der Waals surface area (Å²) in [5.74, 6) is 0.649. The maximum Gasteiger partial charge on any atom is 0.0376 e. The van der Waals surface area contributed by atoms with Crippen LogP contribution in [0.5, 0.6) is 0 Å². The van der Waals surface area contributed by atoms with Crippen LogP contribution in [0.25, 0.3) is 5.57 Å². The predicted octanol–water partition coefficient (Wildman–Crippen LogP) is 4.44. The molecular weight excluding hydrogens is 224 g/mol. The molecule has 3 rings (SSSR count). The standard InChI is InChI=1S/C13H15ClS/c1-13(2)10-5-6-15-12(10)9-4-3-8(14)7-11(9)13/h4-6,8,11H,3,7H2,1-2H3. The number of hydrogen-bond donors (Lipinski definition) is 0. The highest BCUT2D eigenvalue weighted by molar-refractivity contribution is 7.11. The zero-order valence-electron chi connectivity index (χ0n) is 9.09. The fraction of sp³-hybridized carbons (Fsp3) is 0.538. The Labute approximate surface area is 100.0 Å². The van der Waals surface area contributed by atoms with E-state index in [0.717, 1.165) is 12.8 Å². The molecule has 0 saturated heterocycles. The van der Waals surface area contributed by atoms with Crippen molar-refractivity contribution in [2.75, 3.05) is 0 Å². The van der Waals surface area contributed by atoms with Gasteiger partial charge in [0.15, 0.2) is 0 Å². The maximum absolute atomic E-state index is 6.28. The molecule has 0 aromatic carbocycles. The smallest absolute Gasteiger partial charge is 0.0376 e. The molecule has 0 spiro atoms. The van der Waals surface area contributed by atoms with E-state index in [1.165, 1.54) is 10.4 Å². The minimum Gasteiger partial charge on any atom is -0.144 e. The van der Waals surface area contributed by atoms with Gasteiger partial charge in [-0.25, -0.2) is 0 Å². The number of hydrogen-bond acceptors (Lipinski definition) is 1. The first-order valence-corrected chi connectivity index (χ1v) is 6.85. The van der Waals surface area contributed by atoms with Gasteiger partial charge in [-0.2, -0.15) is 0 Å². The third-order valence-electron chi connectivity index (χ3n) is 3.95. The van der Waals surface area contributed by atoms with E-state index in [1.54, 1.807) is 5.57 Å². The lowest BCUT2D eigenvalue weighted by Gasteiger charge is -2.32. The summed E-state index contributed by atoms with van der Waals surface area (Å²) in [5, 5.41) is 2.56. The van der Waals surface area contributed by atoms with Crippen molar-refractivity contribution < 1.29 is 0 Å². The lowest BCUT2D eigenvalue weighted by molar-refractivity contribution is 0.378. The Morgan fingerprint density at radius 2 is 2.27 bits per heavy atom. The monoisotopic (exact) mass is 238 g/mol. The maximum atomic E-state index is 6.28. The first-order valence-electron chi connectivity index (χ1n) is 5.53. The molecule has 0 radical (unpaired) electrons. The van der Waals surface area contributed by atoms with E-state index in [-0.39, 0.29) is 5.41 Å². The summed E-state index contributed by atoms with van der Waals surface area (Å²) >= 11 is 8.17. The van der Waals surface area contributed by atoms with E-state index < -0.39 is 0 Å². The first-order chi connectivity index (χ1) is 7.10. The SMILES string of the molecule is CC1(C)c2ccsc2C2=CCC(Cl)CC21. The molecule has 2 aliphatic rings. The highest BCUT2D eigenvalue weighted by atomic mass is 35.5. The van der Waals surface area contributed by atoms with Crippen LogP contribution >= 0.6 is 22.9 Å². The minimum atomic E-state index is 0.286. The van der Waals surface area contributed by atoms with Gasteiger partial charge in [-0.05, 0) is 46.8 Å². The Balaban J connectivity index is 2.16. The molecule has 1 heterocycles. The van der Waals surface area contributed by atoms with E-state index >= 15 is 0 Å². The molecule has 0 nitrogen and oxygen atoms in total. The fourth-order valence-corrected chi connectivity index (χ4v) is 4.47. The van der Waals surface area contributed by atoms with Crippen molar-refractivity contribution in [2.45, 2.75) is 37.5 Å². The van der Waals surface area contributed by atoms with Crippen molar-refractivity contribution in [1.82, 2.24) is 0 Å². The highest BCUT2D eigenvalue weighted by Crippen LogP contribution is 2.55. The Hall–Kier alpha value is -0.270. The van der Waals surface area contributed by atoms with Crippen molar-refractivity contribution >= 4 is 28.5 Å². The molecule has 2 atom stereocenters. The Morgan fingerprint density at radius 3 is 3.07 bits per heavy atom. The number of allylic oxidation sites excluding steroid dienone is 2. The molecule has 0 fully saturated rings. The summed E-state index contributed by atoms with van der Waals surface area (Å²) in [5.41, 5.74) is 3.39. The number of halogens is 1. The van der Waals surface area contributed by atoms with Crippen molar-refractivity contribution in [3.8, 4) is 0 Å². The summed E-state index contributed by atoms with van der Waals surface area (Å²) < 4.78 is 0. The molecule has 0 aliphatic heterocycles. The molecular formula is C13H15ClS. The lowest BCUT2D eigenvalue weighted by Crippen LogP contribution is -2.27. The normalized spacial score (nSPS) is 32.1. The molecule has 1 aromatic rings. The Bertz CT molecular complexity index is 427. The van der Waals surface area contributed by atoms with Crippen LogP contribution in [0.3, 0.4) is 0 Å². The van der Waals surface area contributed by atoms with Gasteiger partial charge in [-0.1, -0.05) is 19.9 Å². The average Bonchev–Trinajstić information content (AvgIpc) is 2.72. The largest absolute Gasteiger partial charge is 0.144 e. The number of fused-ring (bicyclic) bond motifs is 3. The summed E-state index contributed by atoms with van der Waals surface area (Å²) in [4.78, 5) is 1.52. The third kappa shape index (κ3) is 1.26. The minimum absolute atomic E-state index is 0.286. The van der Waals surface area contributed by atoms with Crippen molar-refractivity contribution in [3.63, 3.8) is 0 Å². The van der Waals surface area contributed by atoms with Gasteiger partial charge in [-0.3, -0.25) is 0 Å². The number of alkyl halides is 1. The van der Waals surface area contributed by atoms with Gasteiger partial charge >= 0.3 is 0 Å². The first kappa shape index (κ1) is 9.92. The predicted molar refractivity (Wildman–Crippen MR) is 67.7 cm³/mol. The molecule has 2 heteroatoms. The number of thiophene rings is 1. The van der Waals surface area contributed by atoms with E-state index in [9.17, 15) is 0 Å². The molecule has 2 unspecified atom stereocenters. The quantitative estimate of drug-likeness (QED) is 0.587. The van der Waals surface area contributed by atoms with Gasteiger partial charge in [0.2, 0.25) is 0 Å². The van der Waals surface area contributed by atoms with Gasteiger partial charge < -0.3 is 0 Å². The molecule has 2 aliphatic carbocycles.